The number of thiazole rings is 1. The number of esters is 1. The highest BCUT2D eigenvalue weighted by Crippen LogP contribution is 2.29. The van der Waals surface area contributed by atoms with Gasteiger partial charge in [-0.05, 0) is 42.0 Å². The van der Waals surface area contributed by atoms with Gasteiger partial charge in [0.2, 0.25) is 0 Å². The first kappa shape index (κ1) is 14.7. The molecule has 0 bridgehead atoms. The van der Waals surface area contributed by atoms with Crippen molar-refractivity contribution in [2.75, 3.05) is 0 Å². The molecule has 0 aliphatic carbocycles. The summed E-state index contributed by atoms with van der Waals surface area (Å²) in [4.78, 5) is 17.6. The zero-order chi connectivity index (χ0) is 16.5. The summed E-state index contributed by atoms with van der Waals surface area (Å²) < 4.78 is 10.8. The van der Waals surface area contributed by atoms with E-state index < -0.39 is 5.97 Å². The van der Waals surface area contributed by atoms with Crippen LogP contribution in [0.4, 0.5) is 0 Å². The Morgan fingerprint density at radius 2 is 1.92 bits per heavy atom. The maximum atomic E-state index is 12.4. The maximum absolute atomic E-state index is 12.4. The molecule has 0 N–H and O–H groups in total. The lowest BCUT2D eigenvalue weighted by atomic mass is 10.1. The SMILES string of the molecule is Cc1sc(-c2ccco2)nc1C(=O)Oc1ccc2ccccc2c1. The van der Waals surface area contributed by atoms with Crippen molar-refractivity contribution in [3.05, 3.63) is 71.4 Å². The molecule has 0 saturated carbocycles. The van der Waals surface area contributed by atoms with Gasteiger partial charge in [0.15, 0.2) is 16.5 Å². The quantitative estimate of drug-likeness (QED) is 0.387. The average Bonchev–Trinajstić information content (AvgIpc) is 3.24. The van der Waals surface area contributed by atoms with Crippen LogP contribution in [-0.4, -0.2) is 11.0 Å². The van der Waals surface area contributed by atoms with Gasteiger partial charge >= 0.3 is 5.97 Å². The highest BCUT2D eigenvalue weighted by molar-refractivity contribution is 7.15. The first-order valence-corrected chi connectivity index (χ1v) is 8.24. The summed E-state index contributed by atoms with van der Waals surface area (Å²) in [7, 11) is 0. The molecule has 24 heavy (non-hydrogen) atoms. The number of hydrogen-bond acceptors (Lipinski definition) is 5. The van der Waals surface area contributed by atoms with E-state index in [2.05, 4.69) is 4.98 Å². The van der Waals surface area contributed by atoms with Crippen molar-refractivity contribution < 1.29 is 13.9 Å². The van der Waals surface area contributed by atoms with Gasteiger partial charge in [-0.3, -0.25) is 0 Å². The number of furan rings is 1. The van der Waals surface area contributed by atoms with E-state index in [1.54, 1.807) is 18.4 Å². The Hall–Kier alpha value is -2.92. The van der Waals surface area contributed by atoms with E-state index in [0.717, 1.165) is 15.6 Å². The van der Waals surface area contributed by atoms with Crippen molar-refractivity contribution in [1.29, 1.82) is 0 Å². The van der Waals surface area contributed by atoms with Gasteiger partial charge < -0.3 is 9.15 Å². The van der Waals surface area contributed by atoms with E-state index in [9.17, 15) is 4.79 Å². The molecule has 0 saturated heterocycles. The number of ether oxygens (including phenoxy) is 1. The number of rotatable bonds is 3. The lowest BCUT2D eigenvalue weighted by molar-refractivity contribution is 0.0729. The van der Waals surface area contributed by atoms with Crippen LogP contribution in [0.2, 0.25) is 0 Å². The Balaban J connectivity index is 1.61. The van der Waals surface area contributed by atoms with Crippen LogP contribution in [0.3, 0.4) is 0 Å². The average molecular weight is 335 g/mol. The third kappa shape index (κ3) is 2.70. The summed E-state index contributed by atoms with van der Waals surface area (Å²) in [5.74, 6) is 0.690. The van der Waals surface area contributed by atoms with Gasteiger partial charge in [0.05, 0.1) is 6.26 Å². The summed E-state index contributed by atoms with van der Waals surface area (Å²) in [5.41, 5.74) is 0.319. The predicted molar refractivity (Wildman–Crippen MR) is 93.5 cm³/mol. The van der Waals surface area contributed by atoms with Gasteiger partial charge in [0.25, 0.3) is 0 Å². The molecule has 0 spiro atoms. The molecule has 0 amide bonds. The van der Waals surface area contributed by atoms with Crippen LogP contribution in [0, 0.1) is 6.92 Å². The zero-order valence-corrected chi connectivity index (χ0v) is 13.7. The normalized spacial score (nSPS) is 10.9. The van der Waals surface area contributed by atoms with E-state index in [1.165, 1.54) is 11.3 Å². The van der Waals surface area contributed by atoms with Crippen LogP contribution in [-0.2, 0) is 0 Å². The fraction of sp³-hybridized carbons (Fsp3) is 0.0526. The van der Waals surface area contributed by atoms with Crippen LogP contribution in [0.25, 0.3) is 21.5 Å². The van der Waals surface area contributed by atoms with E-state index in [4.69, 9.17) is 9.15 Å². The fourth-order valence-electron chi connectivity index (χ4n) is 2.48. The van der Waals surface area contributed by atoms with Crippen LogP contribution in [0.1, 0.15) is 15.4 Å². The number of benzene rings is 2. The molecule has 2 heterocycles. The second-order valence-electron chi connectivity index (χ2n) is 5.30. The van der Waals surface area contributed by atoms with Gasteiger partial charge in [-0.25, -0.2) is 9.78 Å². The van der Waals surface area contributed by atoms with E-state index in [-0.39, 0.29) is 0 Å². The number of carbonyl (C=O) groups is 1. The monoisotopic (exact) mass is 335 g/mol. The largest absolute Gasteiger partial charge is 0.462 e. The predicted octanol–water partition coefficient (Wildman–Crippen LogP) is 5.08. The highest BCUT2D eigenvalue weighted by Gasteiger charge is 2.19. The minimum absolute atomic E-state index is 0.319. The molecule has 4 aromatic rings. The van der Waals surface area contributed by atoms with Gasteiger partial charge in [-0.2, -0.15) is 0 Å². The Bertz CT molecular complexity index is 1020. The molecule has 0 aliphatic rings. The van der Waals surface area contributed by atoms with Crippen LogP contribution in [0.15, 0.2) is 65.3 Å². The third-order valence-electron chi connectivity index (χ3n) is 3.65. The molecule has 2 aromatic heterocycles. The lowest BCUT2D eigenvalue weighted by Gasteiger charge is -2.04. The molecule has 0 atom stereocenters. The van der Waals surface area contributed by atoms with Gasteiger partial charge in [0.1, 0.15) is 5.75 Å². The number of carbonyl (C=O) groups excluding carboxylic acids is 1. The molecule has 5 heteroatoms. The number of nitrogens with zero attached hydrogens (tertiary/aromatic N) is 1. The van der Waals surface area contributed by atoms with Crippen molar-refractivity contribution in [3.8, 4) is 16.5 Å². The molecule has 4 rings (SSSR count). The number of aryl methyl sites for hydroxylation is 1. The van der Waals surface area contributed by atoms with Crippen molar-refractivity contribution in [3.63, 3.8) is 0 Å². The Kier molecular flexibility index (Phi) is 3.63. The maximum Gasteiger partial charge on any atom is 0.363 e. The van der Waals surface area contributed by atoms with E-state index in [0.29, 0.717) is 22.2 Å². The van der Waals surface area contributed by atoms with Crippen molar-refractivity contribution in [2.24, 2.45) is 0 Å². The van der Waals surface area contributed by atoms with E-state index in [1.807, 2.05) is 49.4 Å². The number of fused-ring (bicyclic) bond motifs is 1. The molecule has 118 valence electrons. The summed E-state index contributed by atoms with van der Waals surface area (Å²) in [6.07, 6.45) is 1.58. The summed E-state index contributed by atoms with van der Waals surface area (Å²) in [5, 5.41) is 2.79. The van der Waals surface area contributed by atoms with Crippen molar-refractivity contribution in [1.82, 2.24) is 4.98 Å². The minimum atomic E-state index is -0.461. The third-order valence-corrected chi connectivity index (χ3v) is 4.64. The Labute approximate surface area is 142 Å². The summed E-state index contributed by atoms with van der Waals surface area (Å²) in [6.45, 7) is 1.85. The molecular weight excluding hydrogens is 322 g/mol. The molecule has 2 aromatic carbocycles. The molecule has 0 fully saturated rings. The number of hydrogen-bond donors (Lipinski definition) is 0. The number of aromatic nitrogens is 1. The summed E-state index contributed by atoms with van der Waals surface area (Å²) in [6, 6.07) is 17.1. The first-order valence-electron chi connectivity index (χ1n) is 7.43. The molecule has 0 aliphatic heterocycles. The van der Waals surface area contributed by atoms with Crippen molar-refractivity contribution in [2.45, 2.75) is 6.92 Å². The fourth-order valence-corrected chi connectivity index (χ4v) is 3.35. The first-order chi connectivity index (χ1) is 11.7. The van der Waals surface area contributed by atoms with Gasteiger partial charge in [0, 0.05) is 4.88 Å². The summed E-state index contributed by atoms with van der Waals surface area (Å²) >= 11 is 1.41. The van der Waals surface area contributed by atoms with E-state index >= 15 is 0 Å². The lowest BCUT2D eigenvalue weighted by Crippen LogP contribution is -2.10. The minimum Gasteiger partial charge on any atom is -0.462 e. The molecule has 4 nitrogen and oxygen atoms in total. The highest BCUT2D eigenvalue weighted by atomic mass is 32.1. The van der Waals surface area contributed by atoms with Crippen LogP contribution >= 0.6 is 11.3 Å². The molecule has 0 radical (unpaired) electrons. The zero-order valence-electron chi connectivity index (χ0n) is 12.9. The molecular formula is C19H13NO3S. The second-order valence-corrected chi connectivity index (χ2v) is 6.50. The standard InChI is InChI=1S/C19H13NO3S/c1-12-17(20-18(24-12)16-7-4-10-22-16)19(21)23-15-9-8-13-5-2-3-6-14(13)11-15/h2-11H,1H3. The second kappa shape index (κ2) is 5.94. The van der Waals surface area contributed by atoms with Gasteiger partial charge in [-0.15, -0.1) is 11.3 Å². The van der Waals surface area contributed by atoms with Gasteiger partial charge in [-0.1, -0.05) is 30.3 Å². The topological polar surface area (TPSA) is 52.3 Å². The Morgan fingerprint density at radius 3 is 2.71 bits per heavy atom. The van der Waals surface area contributed by atoms with Crippen LogP contribution in [0.5, 0.6) is 5.75 Å². The smallest absolute Gasteiger partial charge is 0.363 e. The molecule has 0 unspecified atom stereocenters. The Morgan fingerprint density at radius 1 is 1.08 bits per heavy atom. The van der Waals surface area contributed by atoms with Crippen LogP contribution < -0.4 is 4.74 Å². The van der Waals surface area contributed by atoms with Crippen molar-refractivity contribution >= 4 is 28.1 Å².